The Balaban J connectivity index is 1.19. The van der Waals surface area contributed by atoms with E-state index in [1.165, 1.54) is 19.3 Å². The standard InChI is InChI=1S/C32H48O5/c1-20(5-14-30(35)37-19-21-6-9-24(36-4)10-7-21)26-12-13-27-25-11-8-22-17-23(33)15-16-31(22,2)28(25)18-29(34)32(26,27)3/h6-7,9-10,20,22-23,25-29,33-34H,5,8,11-19H2,1-4H3/t20-,22-,23-,25+,26-,27+,28+,29+,31+,32-/m1/s1. The number of hydrogen-bond donors (Lipinski definition) is 2. The Kier molecular flexibility index (Phi) is 7.68. The van der Waals surface area contributed by atoms with Crippen LogP contribution < -0.4 is 4.74 Å². The Morgan fingerprint density at radius 1 is 1.03 bits per heavy atom. The second-order valence-electron chi connectivity index (χ2n) is 13.4. The van der Waals surface area contributed by atoms with Crippen molar-refractivity contribution in [2.45, 2.75) is 104 Å². The Morgan fingerprint density at radius 3 is 2.51 bits per heavy atom. The van der Waals surface area contributed by atoms with Crippen molar-refractivity contribution >= 4 is 5.97 Å². The average Bonchev–Trinajstić information content (AvgIpc) is 3.26. The van der Waals surface area contributed by atoms with Gasteiger partial charge in [0.1, 0.15) is 12.4 Å². The third kappa shape index (κ3) is 4.84. The second kappa shape index (κ2) is 10.5. The lowest BCUT2D eigenvalue weighted by molar-refractivity contribution is -0.175. The van der Waals surface area contributed by atoms with Crippen molar-refractivity contribution in [3.05, 3.63) is 29.8 Å². The summed E-state index contributed by atoms with van der Waals surface area (Å²) < 4.78 is 10.7. The SMILES string of the molecule is COc1ccc(COC(=O)CC[C@@H](C)[C@H]2CC[C@H]3[C@@H]4CC[C@@H]5C[C@H](O)CC[C@]5(C)[C@H]4C[C@H](O)[C@]23C)cc1. The molecular formula is C32H48O5. The molecule has 0 unspecified atom stereocenters. The fourth-order valence-electron chi connectivity index (χ4n) is 9.66. The lowest BCUT2D eigenvalue weighted by atomic mass is 9.43. The van der Waals surface area contributed by atoms with Crippen molar-refractivity contribution in [1.29, 1.82) is 0 Å². The van der Waals surface area contributed by atoms with Crippen molar-refractivity contribution in [3.8, 4) is 5.75 Å². The molecule has 0 amide bonds. The summed E-state index contributed by atoms with van der Waals surface area (Å²) in [6.07, 6.45) is 9.56. The molecular weight excluding hydrogens is 464 g/mol. The van der Waals surface area contributed by atoms with Crippen molar-refractivity contribution in [1.82, 2.24) is 0 Å². The highest BCUT2D eigenvalue weighted by molar-refractivity contribution is 5.69. The van der Waals surface area contributed by atoms with Crippen LogP contribution in [0.25, 0.3) is 0 Å². The van der Waals surface area contributed by atoms with Gasteiger partial charge in [0.2, 0.25) is 0 Å². The molecule has 1 aromatic carbocycles. The van der Waals surface area contributed by atoms with Crippen LogP contribution in [0.3, 0.4) is 0 Å². The molecule has 10 atom stereocenters. The first kappa shape index (κ1) is 27.0. The summed E-state index contributed by atoms with van der Waals surface area (Å²) in [5.41, 5.74) is 1.16. The Labute approximate surface area is 223 Å². The van der Waals surface area contributed by atoms with E-state index in [2.05, 4.69) is 20.8 Å². The van der Waals surface area contributed by atoms with Crippen molar-refractivity contribution in [2.75, 3.05) is 7.11 Å². The monoisotopic (exact) mass is 512 g/mol. The molecule has 4 aliphatic carbocycles. The summed E-state index contributed by atoms with van der Waals surface area (Å²) in [5, 5.41) is 22.0. The van der Waals surface area contributed by atoms with Crippen molar-refractivity contribution in [3.63, 3.8) is 0 Å². The number of hydrogen-bond acceptors (Lipinski definition) is 5. The van der Waals surface area contributed by atoms with Gasteiger partial charge in [-0.3, -0.25) is 4.79 Å². The lowest BCUT2D eigenvalue weighted by Gasteiger charge is -2.62. The van der Waals surface area contributed by atoms with Gasteiger partial charge < -0.3 is 19.7 Å². The number of esters is 1. The summed E-state index contributed by atoms with van der Waals surface area (Å²) in [6, 6.07) is 7.62. The smallest absolute Gasteiger partial charge is 0.306 e. The van der Waals surface area contributed by atoms with E-state index >= 15 is 0 Å². The van der Waals surface area contributed by atoms with Gasteiger partial charge in [0.05, 0.1) is 19.3 Å². The molecule has 5 heteroatoms. The summed E-state index contributed by atoms with van der Waals surface area (Å²) >= 11 is 0. The lowest BCUT2D eigenvalue weighted by Crippen LogP contribution is -2.58. The zero-order valence-electron chi connectivity index (χ0n) is 23.3. The Morgan fingerprint density at radius 2 is 1.78 bits per heavy atom. The summed E-state index contributed by atoms with van der Waals surface area (Å²) in [4.78, 5) is 12.6. The molecule has 0 aliphatic heterocycles. The molecule has 0 heterocycles. The van der Waals surface area contributed by atoms with E-state index in [4.69, 9.17) is 9.47 Å². The largest absolute Gasteiger partial charge is 0.497 e. The number of rotatable bonds is 7. The maximum absolute atomic E-state index is 12.6. The number of aliphatic hydroxyl groups is 2. The first-order chi connectivity index (χ1) is 17.7. The summed E-state index contributed by atoms with van der Waals surface area (Å²) in [7, 11) is 1.64. The number of methoxy groups -OCH3 is 1. The normalized spacial score (nSPS) is 41.7. The van der Waals surface area contributed by atoms with E-state index in [-0.39, 0.29) is 29.0 Å². The van der Waals surface area contributed by atoms with Gasteiger partial charge >= 0.3 is 5.97 Å². The summed E-state index contributed by atoms with van der Waals surface area (Å²) in [5.74, 6) is 3.92. The molecule has 5 nitrogen and oxygen atoms in total. The number of benzene rings is 1. The van der Waals surface area contributed by atoms with Crippen LogP contribution in [0.2, 0.25) is 0 Å². The van der Waals surface area contributed by atoms with Gasteiger partial charge in [-0.2, -0.15) is 0 Å². The predicted molar refractivity (Wildman–Crippen MR) is 144 cm³/mol. The van der Waals surface area contributed by atoms with Crippen LogP contribution >= 0.6 is 0 Å². The molecule has 37 heavy (non-hydrogen) atoms. The maximum Gasteiger partial charge on any atom is 0.306 e. The molecule has 4 fully saturated rings. The third-order valence-electron chi connectivity index (χ3n) is 11.9. The van der Waals surface area contributed by atoms with E-state index in [0.717, 1.165) is 49.8 Å². The zero-order chi connectivity index (χ0) is 26.4. The molecule has 1 aromatic rings. The summed E-state index contributed by atoms with van der Waals surface area (Å²) in [6.45, 7) is 7.42. The molecule has 0 aromatic heterocycles. The Bertz CT molecular complexity index is 945. The topological polar surface area (TPSA) is 76.0 Å². The van der Waals surface area contributed by atoms with Crippen LogP contribution in [-0.4, -0.2) is 35.5 Å². The first-order valence-corrected chi connectivity index (χ1v) is 14.8. The zero-order valence-corrected chi connectivity index (χ0v) is 23.3. The highest BCUT2D eigenvalue weighted by atomic mass is 16.5. The van der Waals surface area contributed by atoms with Gasteiger partial charge in [-0.05, 0) is 122 Å². The molecule has 0 spiro atoms. The number of carbonyl (C=O) groups excluding carboxylic acids is 1. The van der Waals surface area contributed by atoms with Gasteiger partial charge in [0.15, 0.2) is 0 Å². The molecule has 206 valence electrons. The molecule has 2 N–H and O–H groups in total. The van der Waals surface area contributed by atoms with E-state index in [0.29, 0.717) is 48.5 Å². The van der Waals surface area contributed by atoms with E-state index < -0.39 is 0 Å². The third-order valence-corrected chi connectivity index (χ3v) is 11.9. The molecule has 4 saturated carbocycles. The predicted octanol–water partition coefficient (Wildman–Crippen LogP) is 6.15. The average molecular weight is 513 g/mol. The van der Waals surface area contributed by atoms with Gasteiger partial charge in [0, 0.05) is 6.42 Å². The number of carbonyl (C=O) groups is 1. The minimum Gasteiger partial charge on any atom is -0.497 e. The van der Waals surface area contributed by atoms with Gasteiger partial charge in [-0.15, -0.1) is 0 Å². The highest BCUT2D eigenvalue weighted by Gasteiger charge is 2.63. The molecule has 0 radical (unpaired) electrons. The van der Waals surface area contributed by atoms with Crippen LogP contribution in [0.15, 0.2) is 24.3 Å². The fourth-order valence-corrected chi connectivity index (χ4v) is 9.66. The van der Waals surface area contributed by atoms with E-state index in [1.807, 2.05) is 24.3 Å². The minimum atomic E-state index is -0.279. The first-order valence-electron chi connectivity index (χ1n) is 14.8. The number of ether oxygens (including phenoxy) is 2. The Hall–Kier alpha value is -1.59. The molecule has 0 bridgehead atoms. The van der Waals surface area contributed by atoms with E-state index in [1.54, 1.807) is 7.11 Å². The maximum atomic E-state index is 12.6. The highest BCUT2D eigenvalue weighted by Crippen LogP contribution is 2.68. The van der Waals surface area contributed by atoms with Crippen LogP contribution in [0.5, 0.6) is 5.75 Å². The second-order valence-corrected chi connectivity index (χ2v) is 13.4. The van der Waals surface area contributed by atoms with Gasteiger partial charge in [-0.25, -0.2) is 0 Å². The molecule has 5 rings (SSSR count). The van der Waals surface area contributed by atoms with Crippen molar-refractivity contribution < 1.29 is 24.5 Å². The van der Waals surface area contributed by atoms with Crippen LogP contribution in [0, 0.1) is 46.3 Å². The van der Waals surface area contributed by atoms with Gasteiger partial charge in [-0.1, -0.05) is 32.9 Å². The van der Waals surface area contributed by atoms with Crippen LogP contribution in [0.1, 0.15) is 90.5 Å². The van der Waals surface area contributed by atoms with Crippen LogP contribution in [0.4, 0.5) is 0 Å². The number of fused-ring (bicyclic) bond motifs is 5. The van der Waals surface area contributed by atoms with E-state index in [9.17, 15) is 15.0 Å². The molecule has 4 aliphatic rings. The quantitative estimate of drug-likeness (QED) is 0.429. The minimum absolute atomic E-state index is 0.0645. The van der Waals surface area contributed by atoms with Crippen LogP contribution in [-0.2, 0) is 16.1 Å². The van der Waals surface area contributed by atoms with Crippen molar-refractivity contribution in [2.24, 2.45) is 46.3 Å². The van der Waals surface area contributed by atoms with Gasteiger partial charge in [0.25, 0.3) is 0 Å². The molecule has 0 saturated heterocycles. The number of aliphatic hydroxyl groups excluding tert-OH is 2. The fraction of sp³-hybridized carbons (Fsp3) is 0.781.